The van der Waals surface area contributed by atoms with Crippen molar-refractivity contribution in [2.45, 2.75) is 43.8 Å². The van der Waals surface area contributed by atoms with Crippen molar-refractivity contribution >= 4 is 17.2 Å². The van der Waals surface area contributed by atoms with Crippen LogP contribution in [-0.2, 0) is 0 Å². The number of piperidine rings is 1. The fraction of sp³-hybridized carbons (Fsp3) is 0.583. The zero-order chi connectivity index (χ0) is 11.1. The van der Waals surface area contributed by atoms with E-state index in [0.717, 1.165) is 31.2 Å². The van der Waals surface area contributed by atoms with Crippen molar-refractivity contribution in [2.75, 3.05) is 0 Å². The van der Waals surface area contributed by atoms with E-state index < -0.39 is 0 Å². The van der Waals surface area contributed by atoms with Crippen LogP contribution in [0.5, 0.6) is 0 Å². The number of thiophene rings is 1. The molecule has 1 aromatic heterocycles. The van der Waals surface area contributed by atoms with Gasteiger partial charge in [0, 0.05) is 23.5 Å². The molecule has 1 amide bonds. The van der Waals surface area contributed by atoms with Crippen LogP contribution in [0.15, 0.2) is 16.8 Å². The van der Waals surface area contributed by atoms with E-state index in [2.05, 4.69) is 4.90 Å². The lowest BCUT2D eigenvalue weighted by Gasteiger charge is -2.37. The van der Waals surface area contributed by atoms with Gasteiger partial charge in [-0.05, 0) is 37.1 Å². The van der Waals surface area contributed by atoms with Gasteiger partial charge >= 0.3 is 0 Å². The minimum atomic E-state index is 0.209. The maximum Gasteiger partial charge on any atom is 0.255 e. The Bertz CT molecular complexity index is 376. The van der Waals surface area contributed by atoms with E-state index in [1.807, 2.05) is 16.8 Å². The summed E-state index contributed by atoms with van der Waals surface area (Å²) in [7, 11) is 0. The van der Waals surface area contributed by atoms with E-state index in [1.54, 1.807) is 11.3 Å². The number of rotatable bonds is 1. The van der Waals surface area contributed by atoms with Crippen molar-refractivity contribution in [3.63, 3.8) is 0 Å². The monoisotopic (exact) mass is 236 g/mol. The first-order chi connectivity index (χ1) is 7.75. The molecule has 0 aliphatic carbocycles. The average molecular weight is 236 g/mol. The fourth-order valence-corrected chi connectivity index (χ4v) is 3.72. The molecule has 2 atom stereocenters. The Morgan fingerprint density at radius 3 is 2.62 bits per heavy atom. The van der Waals surface area contributed by atoms with E-state index in [9.17, 15) is 4.79 Å². The van der Waals surface area contributed by atoms with Gasteiger partial charge in [0.2, 0.25) is 0 Å². The lowest BCUT2D eigenvalue weighted by Crippen LogP contribution is -2.50. The second-order valence-electron chi connectivity index (χ2n) is 4.84. The number of fused-ring (bicyclic) bond motifs is 2. The van der Waals surface area contributed by atoms with Crippen molar-refractivity contribution in [3.05, 3.63) is 22.4 Å². The third-order valence-corrected chi connectivity index (χ3v) is 4.46. The molecule has 2 aliphatic heterocycles. The molecule has 0 spiro atoms. The van der Waals surface area contributed by atoms with Gasteiger partial charge in [-0.1, -0.05) is 0 Å². The van der Waals surface area contributed by atoms with Crippen LogP contribution in [0, 0.1) is 0 Å². The highest BCUT2D eigenvalue weighted by molar-refractivity contribution is 7.08. The number of carbonyl (C=O) groups excluding carboxylic acids is 1. The molecular weight excluding hydrogens is 220 g/mol. The normalized spacial score (nSPS) is 33.1. The Morgan fingerprint density at radius 2 is 2.06 bits per heavy atom. The SMILES string of the molecule is NC1CC2CCC(C1)N2C(=O)c1ccsc1. The quantitative estimate of drug-likeness (QED) is 0.808. The Balaban J connectivity index is 1.84. The molecule has 2 N–H and O–H groups in total. The van der Waals surface area contributed by atoms with Crippen molar-refractivity contribution in [3.8, 4) is 0 Å². The number of hydrogen-bond donors (Lipinski definition) is 1. The molecule has 2 unspecified atom stereocenters. The number of nitrogens with zero attached hydrogens (tertiary/aromatic N) is 1. The molecule has 86 valence electrons. The molecule has 3 heterocycles. The molecule has 0 aromatic carbocycles. The minimum Gasteiger partial charge on any atom is -0.333 e. The van der Waals surface area contributed by atoms with Gasteiger partial charge in [-0.15, -0.1) is 0 Å². The second-order valence-corrected chi connectivity index (χ2v) is 5.62. The molecule has 16 heavy (non-hydrogen) atoms. The highest BCUT2D eigenvalue weighted by Gasteiger charge is 2.42. The molecule has 4 heteroatoms. The summed E-state index contributed by atoms with van der Waals surface area (Å²) in [6.45, 7) is 0. The highest BCUT2D eigenvalue weighted by Crippen LogP contribution is 2.36. The van der Waals surface area contributed by atoms with Gasteiger partial charge in [-0.2, -0.15) is 11.3 Å². The number of hydrogen-bond acceptors (Lipinski definition) is 3. The van der Waals surface area contributed by atoms with Gasteiger partial charge in [0.05, 0.1) is 5.56 Å². The van der Waals surface area contributed by atoms with E-state index in [0.29, 0.717) is 18.1 Å². The molecule has 1 aromatic rings. The highest BCUT2D eigenvalue weighted by atomic mass is 32.1. The summed E-state index contributed by atoms with van der Waals surface area (Å²) in [6.07, 6.45) is 4.22. The van der Waals surface area contributed by atoms with E-state index in [1.165, 1.54) is 0 Å². The van der Waals surface area contributed by atoms with Crippen LogP contribution in [0.2, 0.25) is 0 Å². The van der Waals surface area contributed by atoms with Gasteiger partial charge in [-0.25, -0.2) is 0 Å². The van der Waals surface area contributed by atoms with E-state index in [4.69, 9.17) is 5.73 Å². The Hall–Kier alpha value is -0.870. The Kier molecular flexibility index (Phi) is 2.48. The van der Waals surface area contributed by atoms with Gasteiger partial charge < -0.3 is 10.6 Å². The van der Waals surface area contributed by atoms with Crippen LogP contribution in [0.1, 0.15) is 36.0 Å². The van der Waals surface area contributed by atoms with Crippen LogP contribution in [0.25, 0.3) is 0 Å². The minimum absolute atomic E-state index is 0.209. The molecule has 2 saturated heterocycles. The van der Waals surface area contributed by atoms with Crippen LogP contribution in [0.4, 0.5) is 0 Å². The van der Waals surface area contributed by atoms with E-state index in [-0.39, 0.29) is 5.91 Å². The summed E-state index contributed by atoms with van der Waals surface area (Å²) >= 11 is 1.58. The zero-order valence-corrected chi connectivity index (χ0v) is 9.95. The lowest BCUT2D eigenvalue weighted by atomic mass is 9.97. The predicted octanol–water partition coefficient (Wildman–Crippen LogP) is 1.84. The maximum atomic E-state index is 12.3. The number of nitrogens with two attached hydrogens (primary N) is 1. The van der Waals surface area contributed by atoms with Crippen LogP contribution in [0.3, 0.4) is 0 Å². The van der Waals surface area contributed by atoms with Crippen LogP contribution >= 0.6 is 11.3 Å². The summed E-state index contributed by atoms with van der Waals surface area (Å²) in [5.74, 6) is 0.209. The van der Waals surface area contributed by atoms with Crippen molar-refractivity contribution in [1.29, 1.82) is 0 Å². The summed E-state index contributed by atoms with van der Waals surface area (Å²) in [6, 6.07) is 2.99. The van der Waals surface area contributed by atoms with Crippen molar-refractivity contribution in [1.82, 2.24) is 4.90 Å². The summed E-state index contributed by atoms with van der Waals surface area (Å²) < 4.78 is 0. The van der Waals surface area contributed by atoms with Crippen LogP contribution < -0.4 is 5.73 Å². The molecule has 3 nitrogen and oxygen atoms in total. The Labute approximate surface area is 99.2 Å². The first-order valence-electron chi connectivity index (χ1n) is 5.86. The molecule has 2 fully saturated rings. The zero-order valence-electron chi connectivity index (χ0n) is 9.13. The summed E-state index contributed by atoms with van der Waals surface area (Å²) in [4.78, 5) is 14.4. The average Bonchev–Trinajstić information content (AvgIpc) is 2.85. The number of amides is 1. The molecule has 2 bridgehead atoms. The smallest absolute Gasteiger partial charge is 0.255 e. The predicted molar refractivity (Wildman–Crippen MR) is 64.5 cm³/mol. The second kappa shape index (κ2) is 3.86. The van der Waals surface area contributed by atoms with Crippen molar-refractivity contribution in [2.24, 2.45) is 5.73 Å². The van der Waals surface area contributed by atoms with Gasteiger partial charge in [0.15, 0.2) is 0 Å². The molecule has 2 aliphatic rings. The Morgan fingerprint density at radius 1 is 1.38 bits per heavy atom. The first kappa shape index (κ1) is 10.3. The standard InChI is InChI=1S/C12H16N2OS/c13-9-5-10-1-2-11(6-9)14(10)12(15)8-3-4-16-7-8/h3-4,7,9-11H,1-2,5-6,13H2. The molecule has 0 radical (unpaired) electrons. The third kappa shape index (κ3) is 1.57. The lowest BCUT2D eigenvalue weighted by molar-refractivity contribution is 0.0575. The van der Waals surface area contributed by atoms with Crippen LogP contribution in [-0.4, -0.2) is 28.9 Å². The fourth-order valence-electron chi connectivity index (χ4n) is 3.09. The third-order valence-electron chi connectivity index (χ3n) is 3.77. The van der Waals surface area contributed by atoms with E-state index >= 15 is 0 Å². The van der Waals surface area contributed by atoms with Gasteiger partial charge in [-0.3, -0.25) is 4.79 Å². The summed E-state index contributed by atoms with van der Waals surface area (Å²) in [5.41, 5.74) is 6.85. The topological polar surface area (TPSA) is 46.3 Å². The summed E-state index contributed by atoms with van der Waals surface area (Å²) in [5, 5.41) is 3.90. The van der Waals surface area contributed by atoms with Gasteiger partial charge in [0.25, 0.3) is 5.91 Å². The molecular formula is C12H16N2OS. The molecule has 3 rings (SSSR count). The number of carbonyl (C=O) groups is 1. The molecule has 0 saturated carbocycles. The maximum absolute atomic E-state index is 12.3. The first-order valence-corrected chi connectivity index (χ1v) is 6.80. The van der Waals surface area contributed by atoms with Crippen molar-refractivity contribution < 1.29 is 4.79 Å². The van der Waals surface area contributed by atoms with Gasteiger partial charge in [0.1, 0.15) is 0 Å². The largest absolute Gasteiger partial charge is 0.333 e.